The number of hydrogen-bond donors (Lipinski definition) is 0. The molecule has 140 valence electrons. The Morgan fingerprint density at radius 1 is 0.897 bits per heavy atom. The summed E-state index contributed by atoms with van der Waals surface area (Å²) in [6.45, 7) is 3.75. The van der Waals surface area contributed by atoms with Crippen molar-refractivity contribution in [3.05, 3.63) is 65.5 Å². The van der Waals surface area contributed by atoms with Crippen LogP contribution in [0, 0.1) is 0 Å². The van der Waals surface area contributed by atoms with Crippen molar-refractivity contribution in [2.24, 2.45) is 9.98 Å². The van der Waals surface area contributed by atoms with Crippen molar-refractivity contribution >= 4 is 38.9 Å². The van der Waals surface area contributed by atoms with E-state index in [1.807, 2.05) is 36.4 Å². The highest BCUT2D eigenvalue weighted by molar-refractivity contribution is 7.21. The van der Waals surface area contributed by atoms with Crippen LogP contribution in [0.3, 0.4) is 0 Å². The van der Waals surface area contributed by atoms with E-state index < -0.39 is 0 Å². The van der Waals surface area contributed by atoms with Crippen molar-refractivity contribution in [2.45, 2.75) is 6.92 Å². The molecule has 2 aromatic heterocycles. The third kappa shape index (κ3) is 2.53. The topological polar surface area (TPSA) is 53.7 Å². The van der Waals surface area contributed by atoms with Gasteiger partial charge < -0.3 is 4.90 Å². The van der Waals surface area contributed by atoms with Gasteiger partial charge in [-0.15, -0.1) is 11.3 Å². The maximum Gasteiger partial charge on any atom is 0.161 e. The molecule has 0 bridgehead atoms. The van der Waals surface area contributed by atoms with Gasteiger partial charge in [-0.25, -0.2) is 15.0 Å². The van der Waals surface area contributed by atoms with Crippen LogP contribution in [-0.4, -0.2) is 39.6 Å². The van der Waals surface area contributed by atoms with Crippen LogP contribution in [0.1, 0.15) is 11.8 Å². The van der Waals surface area contributed by atoms with Gasteiger partial charge in [0.2, 0.25) is 0 Å². The van der Waals surface area contributed by atoms with E-state index in [0.717, 1.165) is 68.2 Å². The van der Waals surface area contributed by atoms with Gasteiger partial charge in [0.25, 0.3) is 0 Å². The van der Waals surface area contributed by atoms with E-state index in [1.54, 1.807) is 11.3 Å². The van der Waals surface area contributed by atoms with Crippen LogP contribution in [0.15, 0.2) is 70.6 Å². The summed E-state index contributed by atoms with van der Waals surface area (Å²) in [5.41, 5.74) is 3.97. The van der Waals surface area contributed by atoms with Crippen LogP contribution in [0.25, 0.3) is 32.9 Å². The molecule has 2 aromatic carbocycles. The van der Waals surface area contributed by atoms with Crippen molar-refractivity contribution in [3.8, 4) is 22.6 Å². The van der Waals surface area contributed by atoms with E-state index in [4.69, 9.17) is 20.0 Å². The summed E-state index contributed by atoms with van der Waals surface area (Å²) in [6.07, 6.45) is 0. The number of aliphatic imine (C=N–C) groups is 2. The van der Waals surface area contributed by atoms with Crippen molar-refractivity contribution in [1.29, 1.82) is 0 Å². The molecule has 6 heteroatoms. The number of hydrogen-bond acceptors (Lipinski definition) is 6. The fourth-order valence-corrected chi connectivity index (χ4v) is 5.08. The summed E-state index contributed by atoms with van der Waals surface area (Å²) in [6, 6.07) is 20.4. The van der Waals surface area contributed by atoms with E-state index in [9.17, 15) is 0 Å². The van der Waals surface area contributed by atoms with Gasteiger partial charge in [0.15, 0.2) is 5.82 Å². The lowest BCUT2D eigenvalue weighted by Crippen LogP contribution is -2.34. The van der Waals surface area contributed by atoms with Gasteiger partial charge in [0, 0.05) is 17.7 Å². The Morgan fingerprint density at radius 3 is 2.38 bits per heavy atom. The minimum atomic E-state index is 0.737. The first kappa shape index (κ1) is 16.6. The molecular weight excluding hydrogens is 378 g/mol. The molecule has 0 N–H and O–H groups in total. The zero-order chi connectivity index (χ0) is 19.4. The van der Waals surface area contributed by atoms with Crippen molar-refractivity contribution in [2.75, 3.05) is 13.1 Å². The molecule has 0 amide bonds. The summed E-state index contributed by atoms with van der Waals surface area (Å²) in [7, 11) is 0. The Morgan fingerprint density at radius 2 is 1.62 bits per heavy atom. The Hall–Kier alpha value is -3.38. The molecule has 4 heterocycles. The zero-order valence-corrected chi connectivity index (χ0v) is 16.6. The van der Waals surface area contributed by atoms with Crippen LogP contribution in [0.2, 0.25) is 0 Å². The number of aromatic nitrogens is 2. The van der Waals surface area contributed by atoms with Gasteiger partial charge in [-0.2, -0.15) is 0 Å². The molecule has 0 unspecified atom stereocenters. The average molecular weight is 395 g/mol. The third-order valence-electron chi connectivity index (χ3n) is 5.31. The van der Waals surface area contributed by atoms with Gasteiger partial charge in [-0.1, -0.05) is 60.7 Å². The third-order valence-corrected chi connectivity index (χ3v) is 6.38. The molecule has 2 aliphatic rings. The fourth-order valence-electron chi connectivity index (χ4n) is 3.94. The Balaban J connectivity index is 1.70. The molecule has 4 aromatic rings. The number of nitrogens with zero attached hydrogens (tertiary/aromatic N) is 5. The number of rotatable bonds is 2. The maximum absolute atomic E-state index is 5.01. The van der Waals surface area contributed by atoms with E-state index in [0.29, 0.717) is 0 Å². The maximum atomic E-state index is 5.01. The fraction of sp³-hybridized carbons (Fsp3) is 0.130. The number of amidine groups is 2. The van der Waals surface area contributed by atoms with E-state index in [2.05, 4.69) is 36.1 Å². The number of thiophene rings is 1. The van der Waals surface area contributed by atoms with E-state index in [-0.39, 0.29) is 0 Å². The van der Waals surface area contributed by atoms with E-state index in [1.165, 1.54) is 0 Å². The first-order valence-electron chi connectivity index (χ1n) is 9.62. The zero-order valence-electron chi connectivity index (χ0n) is 15.8. The smallest absolute Gasteiger partial charge is 0.161 e. The van der Waals surface area contributed by atoms with Gasteiger partial charge in [-0.3, -0.25) is 4.99 Å². The quantitative estimate of drug-likeness (QED) is 0.472. The number of fused-ring (bicyclic) bond motifs is 5. The van der Waals surface area contributed by atoms with Crippen LogP contribution >= 0.6 is 11.3 Å². The van der Waals surface area contributed by atoms with Crippen LogP contribution < -0.4 is 0 Å². The van der Waals surface area contributed by atoms with Crippen LogP contribution in [0.5, 0.6) is 0 Å². The molecule has 0 fully saturated rings. The lowest BCUT2D eigenvalue weighted by Gasteiger charge is -2.23. The predicted molar refractivity (Wildman–Crippen MR) is 119 cm³/mol. The molecule has 5 nitrogen and oxygen atoms in total. The molecule has 2 aliphatic heterocycles. The van der Waals surface area contributed by atoms with Crippen molar-refractivity contribution in [3.63, 3.8) is 0 Å². The second-order valence-corrected chi connectivity index (χ2v) is 8.10. The van der Waals surface area contributed by atoms with E-state index >= 15 is 0 Å². The Kier molecular flexibility index (Phi) is 3.61. The number of benzene rings is 2. The Bertz CT molecular complexity index is 1310. The second kappa shape index (κ2) is 6.32. The van der Waals surface area contributed by atoms with Crippen molar-refractivity contribution < 1.29 is 0 Å². The normalized spacial score (nSPS) is 15.1. The minimum absolute atomic E-state index is 0.737. The second-order valence-electron chi connectivity index (χ2n) is 7.10. The molecule has 0 aliphatic carbocycles. The molecule has 0 spiro atoms. The average Bonchev–Trinajstić information content (AvgIpc) is 3.40. The molecule has 29 heavy (non-hydrogen) atoms. The summed E-state index contributed by atoms with van der Waals surface area (Å²) >= 11 is 1.67. The SMILES string of the molecule is CC1=Nc2c(sc3nc(-c4ccccc4)nc(-c4ccccc4)c23)C2=NCCN12. The summed E-state index contributed by atoms with van der Waals surface area (Å²) in [4.78, 5) is 23.9. The highest BCUT2D eigenvalue weighted by atomic mass is 32.1. The van der Waals surface area contributed by atoms with Crippen LogP contribution in [0.4, 0.5) is 5.69 Å². The molecule has 0 saturated heterocycles. The lowest BCUT2D eigenvalue weighted by molar-refractivity contribution is 0.659. The summed E-state index contributed by atoms with van der Waals surface area (Å²) in [5, 5.41) is 1.02. The Labute approximate surface area is 172 Å². The molecule has 0 saturated carbocycles. The van der Waals surface area contributed by atoms with Gasteiger partial charge >= 0.3 is 0 Å². The van der Waals surface area contributed by atoms with Gasteiger partial charge in [0.05, 0.1) is 28.2 Å². The first-order valence-corrected chi connectivity index (χ1v) is 10.4. The monoisotopic (exact) mass is 395 g/mol. The highest BCUT2D eigenvalue weighted by Crippen LogP contribution is 2.45. The highest BCUT2D eigenvalue weighted by Gasteiger charge is 2.32. The molecule has 6 rings (SSSR count). The largest absolute Gasteiger partial charge is 0.312 e. The molecule has 0 atom stereocenters. The summed E-state index contributed by atoms with van der Waals surface area (Å²) < 4.78 is 0. The minimum Gasteiger partial charge on any atom is -0.312 e. The van der Waals surface area contributed by atoms with Crippen molar-refractivity contribution in [1.82, 2.24) is 14.9 Å². The lowest BCUT2D eigenvalue weighted by atomic mass is 10.1. The van der Waals surface area contributed by atoms with Gasteiger partial charge in [0.1, 0.15) is 16.5 Å². The molecule has 0 radical (unpaired) electrons. The first-order chi connectivity index (χ1) is 14.3. The van der Waals surface area contributed by atoms with Crippen LogP contribution in [-0.2, 0) is 0 Å². The summed E-state index contributed by atoms with van der Waals surface area (Å²) in [5.74, 6) is 2.75. The predicted octanol–water partition coefficient (Wildman–Crippen LogP) is 5.15. The molecular formula is C23H17N5S. The standard InChI is InChI=1S/C23H17N5S/c1-14-25-19-17-18(15-8-4-2-5-9-15)26-21(16-10-6-3-7-11-16)27-23(17)29-20(19)22-24-12-13-28(14)22/h2-11H,12-13H2,1H3. The van der Waals surface area contributed by atoms with Gasteiger partial charge in [-0.05, 0) is 6.92 Å².